The maximum atomic E-state index is 13.8. The summed E-state index contributed by atoms with van der Waals surface area (Å²) in [6.45, 7) is 0.178. The summed E-state index contributed by atoms with van der Waals surface area (Å²) in [6, 6.07) is 2.55. The van der Waals surface area contributed by atoms with Crippen molar-refractivity contribution in [2.24, 2.45) is 11.1 Å². The van der Waals surface area contributed by atoms with Crippen LogP contribution in [0.3, 0.4) is 0 Å². The van der Waals surface area contributed by atoms with Crippen LogP contribution in [-0.4, -0.2) is 38.7 Å². The highest BCUT2D eigenvalue weighted by Gasteiger charge is 2.34. The first kappa shape index (κ1) is 14.7. The van der Waals surface area contributed by atoms with E-state index in [2.05, 4.69) is 5.32 Å². The Morgan fingerprint density at radius 2 is 2.15 bits per heavy atom. The summed E-state index contributed by atoms with van der Waals surface area (Å²) in [6.07, 6.45) is 0. The molecular formula is C11H13FN2O5S. The molecular weight excluding hydrogens is 291 g/mol. The molecule has 1 aromatic carbocycles. The van der Waals surface area contributed by atoms with Gasteiger partial charge in [-0.05, 0) is 18.2 Å². The van der Waals surface area contributed by atoms with Gasteiger partial charge in [0, 0.05) is 0 Å². The van der Waals surface area contributed by atoms with Crippen LogP contribution in [0.2, 0.25) is 0 Å². The average Bonchev–Trinajstić information content (AvgIpc) is 2.78. The number of sulfonamides is 1. The van der Waals surface area contributed by atoms with E-state index >= 15 is 0 Å². The first-order chi connectivity index (χ1) is 9.29. The topological polar surface area (TPSA) is 119 Å². The van der Waals surface area contributed by atoms with E-state index in [1.54, 1.807) is 0 Å². The number of nitrogens with one attached hydrogen (secondary N) is 1. The standard InChI is InChI=1S/C11H13FN2O5S/c12-8-3-6(20(13,17)18)1-2-9(8)14-10-5-19-4-7(10)11(15)16/h1-3,7,10,14H,4-5H2,(H,15,16)(H2,13,17,18). The second-order valence-corrected chi connectivity index (χ2v) is 5.98. The molecule has 110 valence electrons. The fraction of sp³-hybridized carbons (Fsp3) is 0.364. The van der Waals surface area contributed by atoms with E-state index in [1.165, 1.54) is 6.07 Å². The Morgan fingerprint density at radius 3 is 2.70 bits per heavy atom. The minimum absolute atomic E-state index is 0.000787. The molecule has 4 N–H and O–H groups in total. The zero-order valence-corrected chi connectivity index (χ0v) is 11.1. The Morgan fingerprint density at radius 1 is 1.45 bits per heavy atom. The number of carboxylic acids is 1. The summed E-state index contributed by atoms with van der Waals surface area (Å²) < 4.78 is 41.0. The van der Waals surface area contributed by atoms with Crippen LogP contribution in [0.1, 0.15) is 0 Å². The molecule has 0 radical (unpaired) electrons. The summed E-state index contributed by atoms with van der Waals surface area (Å²) in [5.74, 6) is -2.65. The molecule has 1 heterocycles. The number of anilines is 1. The quantitative estimate of drug-likeness (QED) is 0.719. The Kier molecular flexibility index (Phi) is 3.93. The van der Waals surface area contributed by atoms with E-state index in [0.29, 0.717) is 0 Å². The molecule has 0 bridgehead atoms. The average molecular weight is 304 g/mol. The van der Waals surface area contributed by atoms with Crippen molar-refractivity contribution in [3.63, 3.8) is 0 Å². The van der Waals surface area contributed by atoms with Gasteiger partial charge in [-0.2, -0.15) is 0 Å². The third-order valence-corrected chi connectivity index (χ3v) is 3.92. The number of aliphatic carboxylic acids is 1. The van der Waals surface area contributed by atoms with Gasteiger partial charge in [-0.25, -0.2) is 17.9 Å². The highest BCUT2D eigenvalue weighted by molar-refractivity contribution is 7.89. The molecule has 2 atom stereocenters. The first-order valence-corrected chi connectivity index (χ1v) is 7.23. The van der Waals surface area contributed by atoms with Gasteiger partial charge in [-0.1, -0.05) is 0 Å². The summed E-state index contributed by atoms with van der Waals surface area (Å²) in [7, 11) is -3.98. The van der Waals surface area contributed by atoms with Crippen molar-refractivity contribution in [3.8, 4) is 0 Å². The van der Waals surface area contributed by atoms with Gasteiger partial charge in [0.05, 0.1) is 29.8 Å². The molecule has 2 rings (SSSR count). The van der Waals surface area contributed by atoms with Crippen LogP contribution in [0.25, 0.3) is 0 Å². The number of nitrogens with two attached hydrogens (primary N) is 1. The van der Waals surface area contributed by atoms with Crippen LogP contribution in [0.15, 0.2) is 23.1 Å². The molecule has 1 aromatic rings. The monoisotopic (exact) mass is 304 g/mol. The molecule has 0 aliphatic carbocycles. The zero-order valence-electron chi connectivity index (χ0n) is 10.2. The number of hydrogen-bond acceptors (Lipinski definition) is 5. The fourth-order valence-corrected chi connectivity index (χ4v) is 2.45. The van der Waals surface area contributed by atoms with Gasteiger partial charge < -0.3 is 15.2 Å². The van der Waals surface area contributed by atoms with Gasteiger partial charge in [0.1, 0.15) is 11.7 Å². The van der Waals surface area contributed by atoms with Crippen LogP contribution in [0.5, 0.6) is 0 Å². The number of carbonyl (C=O) groups is 1. The second-order valence-electron chi connectivity index (χ2n) is 4.42. The fourth-order valence-electron chi connectivity index (χ4n) is 1.93. The van der Waals surface area contributed by atoms with Gasteiger partial charge in [-0.3, -0.25) is 4.79 Å². The Balaban J connectivity index is 2.20. The Labute approximate surface area is 114 Å². The summed E-state index contributed by atoms with van der Waals surface area (Å²) in [5.41, 5.74) is -0.000787. The van der Waals surface area contributed by atoms with Gasteiger partial charge >= 0.3 is 5.97 Å². The highest BCUT2D eigenvalue weighted by atomic mass is 32.2. The molecule has 2 unspecified atom stereocenters. The maximum absolute atomic E-state index is 13.8. The minimum atomic E-state index is -3.98. The minimum Gasteiger partial charge on any atom is -0.481 e. The van der Waals surface area contributed by atoms with Crippen molar-refractivity contribution in [3.05, 3.63) is 24.0 Å². The van der Waals surface area contributed by atoms with E-state index in [0.717, 1.165) is 12.1 Å². The number of primary sulfonamides is 1. The molecule has 1 fully saturated rings. The predicted molar refractivity (Wildman–Crippen MR) is 67.1 cm³/mol. The van der Waals surface area contributed by atoms with Crippen molar-refractivity contribution >= 4 is 21.7 Å². The molecule has 1 saturated heterocycles. The first-order valence-electron chi connectivity index (χ1n) is 5.68. The van der Waals surface area contributed by atoms with E-state index in [-0.39, 0.29) is 23.8 Å². The number of ether oxygens (including phenoxy) is 1. The van der Waals surface area contributed by atoms with E-state index in [4.69, 9.17) is 15.0 Å². The molecule has 1 aliphatic rings. The number of benzene rings is 1. The normalized spacial score (nSPS) is 22.7. The molecule has 9 heteroatoms. The van der Waals surface area contributed by atoms with Crippen LogP contribution < -0.4 is 10.5 Å². The zero-order chi connectivity index (χ0) is 14.9. The maximum Gasteiger partial charge on any atom is 0.311 e. The number of hydrogen-bond donors (Lipinski definition) is 3. The summed E-state index contributed by atoms with van der Waals surface area (Å²) in [4.78, 5) is 10.6. The van der Waals surface area contributed by atoms with Crippen LogP contribution >= 0.6 is 0 Å². The van der Waals surface area contributed by atoms with Crippen molar-refractivity contribution < 1.29 is 27.4 Å². The largest absolute Gasteiger partial charge is 0.481 e. The lowest BCUT2D eigenvalue weighted by Gasteiger charge is -2.17. The molecule has 7 nitrogen and oxygen atoms in total. The molecule has 0 amide bonds. The molecule has 20 heavy (non-hydrogen) atoms. The van der Waals surface area contributed by atoms with Crippen LogP contribution in [0.4, 0.5) is 10.1 Å². The smallest absolute Gasteiger partial charge is 0.311 e. The lowest BCUT2D eigenvalue weighted by Crippen LogP contribution is -2.33. The lowest BCUT2D eigenvalue weighted by atomic mass is 10.0. The van der Waals surface area contributed by atoms with Gasteiger partial charge in [0.15, 0.2) is 0 Å². The third-order valence-electron chi connectivity index (χ3n) is 3.01. The molecule has 0 saturated carbocycles. The second kappa shape index (κ2) is 5.35. The van der Waals surface area contributed by atoms with Crippen LogP contribution in [-0.2, 0) is 19.6 Å². The summed E-state index contributed by atoms with van der Waals surface area (Å²) >= 11 is 0. The molecule has 0 aromatic heterocycles. The van der Waals surface area contributed by atoms with Crippen molar-refractivity contribution in [2.45, 2.75) is 10.9 Å². The van der Waals surface area contributed by atoms with Gasteiger partial charge in [-0.15, -0.1) is 0 Å². The molecule has 0 spiro atoms. The summed E-state index contributed by atoms with van der Waals surface area (Å²) in [5, 5.41) is 16.6. The van der Waals surface area contributed by atoms with Gasteiger partial charge in [0.25, 0.3) is 0 Å². The Hall–Kier alpha value is -1.71. The van der Waals surface area contributed by atoms with E-state index in [9.17, 15) is 17.6 Å². The van der Waals surface area contributed by atoms with Gasteiger partial charge in [0.2, 0.25) is 10.0 Å². The van der Waals surface area contributed by atoms with Crippen molar-refractivity contribution in [2.75, 3.05) is 18.5 Å². The van der Waals surface area contributed by atoms with Crippen molar-refractivity contribution in [1.29, 1.82) is 0 Å². The number of carboxylic acid groups (broad SMARTS) is 1. The van der Waals surface area contributed by atoms with E-state index < -0.39 is 33.8 Å². The van der Waals surface area contributed by atoms with E-state index in [1.807, 2.05) is 0 Å². The lowest BCUT2D eigenvalue weighted by molar-refractivity contribution is -0.141. The predicted octanol–water partition coefficient (Wildman–Crippen LogP) is -0.0154. The van der Waals surface area contributed by atoms with Crippen molar-refractivity contribution in [1.82, 2.24) is 0 Å². The molecule has 1 aliphatic heterocycles. The SMILES string of the molecule is NS(=O)(=O)c1ccc(NC2COCC2C(=O)O)c(F)c1. The number of rotatable bonds is 4. The third kappa shape index (κ3) is 3.06. The number of halogens is 1. The highest BCUT2D eigenvalue weighted by Crippen LogP contribution is 2.23. The van der Waals surface area contributed by atoms with Crippen LogP contribution in [0, 0.1) is 11.7 Å². The Bertz CT molecular complexity index is 634.